The van der Waals surface area contributed by atoms with Crippen molar-refractivity contribution in [3.05, 3.63) is 77.5 Å². The van der Waals surface area contributed by atoms with Crippen LogP contribution in [-0.4, -0.2) is 45.2 Å². The largest absolute Gasteiger partial charge is 0.478 e. The lowest BCUT2D eigenvalue weighted by atomic mass is 9.89. The zero-order valence-corrected chi connectivity index (χ0v) is 15.3. The molecule has 2 N–H and O–H groups in total. The summed E-state index contributed by atoms with van der Waals surface area (Å²) in [5.41, 5.74) is 3.42. The molecule has 4 rings (SSSR count). The summed E-state index contributed by atoms with van der Waals surface area (Å²) in [4.78, 5) is 26.0. The number of amides is 1. The average molecular weight is 375 g/mol. The van der Waals surface area contributed by atoms with Gasteiger partial charge in [0, 0.05) is 24.6 Å². The summed E-state index contributed by atoms with van der Waals surface area (Å²) >= 11 is 0. The van der Waals surface area contributed by atoms with Gasteiger partial charge in [-0.25, -0.2) is 4.79 Å². The SMILES string of the molecule is O=C(O)c1cccc([C@H]2CCCN(C(=O)c3cc(-c4ccccc4)n[nH]3)C2)c1. The minimum atomic E-state index is -0.934. The van der Waals surface area contributed by atoms with E-state index >= 15 is 0 Å². The van der Waals surface area contributed by atoms with E-state index < -0.39 is 5.97 Å². The van der Waals surface area contributed by atoms with Crippen molar-refractivity contribution in [1.29, 1.82) is 0 Å². The number of nitrogens with one attached hydrogen (secondary N) is 1. The van der Waals surface area contributed by atoms with Crippen LogP contribution in [0, 0.1) is 0 Å². The molecule has 2 heterocycles. The van der Waals surface area contributed by atoms with Crippen molar-refractivity contribution in [3.63, 3.8) is 0 Å². The van der Waals surface area contributed by atoms with Gasteiger partial charge in [-0.1, -0.05) is 42.5 Å². The van der Waals surface area contributed by atoms with Crippen molar-refractivity contribution >= 4 is 11.9 Å². The van der Waals surface area contributed by atoms with Gasteiger partial charge >= 0.3 is 5.97 Å². The van der Waals surface area contributed by atoms with E-state index in [1.165, 1.54) is 0 Å². The van der Waals surface area contributed by atoms with Gasteiger partial charge in [-0.15, -0.1) is 0 Å². The summed E-state index contributed by atoms with van der Waals surface area (Å²) < 4.78 is 0. The highest BCUT2D eigenvalue weighted by molar-refractivity contribution is 5.93. The number of carbonyl (C=O) groups excluding carboxylic acids is 1. The normalized spacial score (nSPS) is 16.7. The van der Waals surface area contributed by atoms with Gasteiger partial charge in [0.15, 0.2) is 0 Å². The van der Waals surface area contributed by atoms with Gasteiger partial charge in [-0.3, -0.25) is 9.89 Å². The fourth-order valence-corrected chi connectivity index (χ4v) is 3.72. The van der Waals surface area contributed by atoms with Crippen LogP contribution in [0.3, 0.4) is 0 Å². The molecule has 2 aromatic carbocycles. The Morgan fingerprint density at radius 3 is 2.68 bits per heavy atom. The topological polar surface area (TPSA) is 86.3 Å². The Morgan fingerprint density at radius 2 is 1.89 bits per heavy atom. The van der Waals surface area contributed by atoms with Gasteiger partial charge in [-0.2, -0.15) is 5.10 Å². The number of carboxylic acids is 1. The average Bonchev–Trinajstić information content (AvgIpc) is 3.24. The number of hydrogen-bond acceptors (Lipinski definition) is 3. The number of aromatic amines is 1. The van der Waals surface area contributed by atoms with Crippen molar-refractivity contribution in [2.24, 2.45) is 0 Å². The molecule has 0 unspecified atom stereocenters. The second-order valence-electron chi connectivity index (χ2n) is 7.05. The number of H-pyrrole nitrogens is 1. The molecule has 0 radical (unpaired) electrons. The second kappa shape index (κ2) is 7.68. The van der Waals surface area contributed by atoms with Gasteiger partial charge in [0.1, 0.15) is 5.69 Å². The molecule has 1 aliphatic rings. The number of aromatic nitrogens is 2. The summed E-state index contributed by atoms with van der Waals surface area (Å²) in [6, 6.07) is 18.5. The summed E-state index contributed by atoms with van der Waals surface area (Å²) in [6.45, 7) is 1.26. The van der Waals surface area contributed by atoms with Crippen molar-refractivity contribution in [1.82, 2.24) is 15.1 Å². The van der Waals surface area contributed by atoms with E-state index in [4.69, 9.17) is 0 Å². The molecule has 0 bridgehead atoms. The van der Waals surface area contributed by atoms with Crippen LogP contribution in [0.1, 0.15) is 45.2 Å². The summed E-state index contributed by atoms with van der Waals surface area (Å²) in [5, 5.41) is 16.4. The number of carboxylic acid groups (broad SMARTS) is 1. The predicted molar refractivity (Wildman–Crippen MR) is 105 cm³/mol. The van der Waals surface area contributed by atoms with Crippen LogP contribution < -0.4 is 0 Å². The number of likely N-dealkylation sites (tertiary alicyclic amines) is 1. The van der Waals surface area contributed by atoms with Crippen molar-refractivity contribution in [2.75, 3.05) is 13.1 Å². The number of piperidine rings is 1. The molecule has 1 fully saturated rings. The number of hydrogen-bond donors (Lipinski definition) is 2. The van der Waals surface area contributed by atoms with Crippen LogP contribution in [0.5, 0.6) is 0 Å². The minimum absolute atomic E-state index is 0.0752. The molecular formula is C22H21N3O3. The van der Waals surface area contributed by atoms with E-state index in [9.17, 15) is 14.7 Å². The molecule has 142 valence electrons. The highest BCUT2D eigenvalue weighted by Crippen LogP contribution is 2.28. The molecule has 1 amide bonds. The second-order valence-corrected chi connectivity index (χ2v) is 7.05. The van der Waals surface area contributed by atoms with Gasteiger partial charge in [-0.05, 0) is 36.6 Å². The van der Waals surface area contributed by atoms with E-state index in [1.807, 2.05) is 41.3 Å². The lowest BCUT2D eigenvalue weighted by Crippen LogP contribution is -2.39. The Balaban J connectivity index is 1.50. The van der Waals surface area contributed by atoms with Crippen molar-refractivity contribution in [3.8, 4) is 11.3 Å². The van der Waals surface area contributed by atoms with E-state index in [0.717, 1.165) is 29.7 Å². The maximum absolute atomic E-state index is 13.0. The third-order valence-electron chi connectivity index (χ3n) is 5.19. The van der Waals surface area contributed by atoms with Crippen LogP contribution >= 0.6 is 0 Å². The third-order valence-corrected chi connectivity index (χ3v) is 5.19. The lowest BCUT2D eigenvalue weighted by Gasteiger charge is -2.32. The Kier molecular flexibility index (Phi) is 4.93. The number of carbonyl (C=O) groups is 2. The molecule has 0 aliphatic carbocycles. The maximum atomic E-state index is 13.0. The fourth-order valence-electron chi connectivity index (χ4n) is 3.72. The van der Waals surface area contributed by atoms with Gasteiger partial charge in [0.05, 0.1) is 11.3 Å². The molecule has 1 atom stereocenters. The maximum Gasteiger partial charge on any atom is 0.335 e. The molecular weight excluding hydrogens is 354 g/mol. The number of benzene rings is 2. The predicted octanol–water partition coefficient (Wildman–Crippen LogP) is 3.79. The minimum Gasteiger partial charge on any atom is -0.478 e. The van der Waals surface area contributed by atoms with Crippen LogP contribution in [0.4, 0.5) is 0 Å². The first-order valence-corrected chi connectivity index (χ1v) is 9.35. The van der Waals surface area contributed by atoms with Gasteiger partial charge in [0.25, 0.3) is 5.91 Å². The molecule has 1 saturated heterocycles. The first kappa shape index (κ1) is 18.0. The Morgan fingerprint density at radius 1 is 1.07 bits per heavy atom. The zero-order chi connectivity index (χ0) is 19.5. The van der Waals surface area contributed by atoms with E-state index in [0.29, 0.717) is 18.8 Å². The lowest BCUT2D eigenvalue weighted by molar-refractivity contribution is 0.0685. The molecule has 1 aromatic heterocycles. The molecule has 0 spiro atoms. The number of aromatic carboxylic acids is 1. The molecule has 6 heteroatoms. The Hall–Kier alpha value is -3.41. The Bertz CT molecular complexity index is 997. The highest BCUT2D eigenvalue weighted by Gasteiger charge is 2.27. The van der Waals surface area contributed by atoms with Crippen LogP contribution in [0.2, 0.25) is 0 Å². The van der Waals surface area contributed by atoms with Gasteiger partial charge < -0.3 is 10.0 Å². The quantitative estimate of drug-likeness (QED) is 0.726. The molecule has 0 saturated carbocycles. The van der Waals surface area contributed by atoms with Crippen LogP contribution in [0.15, 0.2) is 60.7 Å². The number of nitrogens with zero attached hydrogens (tertiary/aromatic N) is 2. The van der Waals surface area contributed by atoms with Crippen molar-refractivity contribution < 1.29 is 14.7 Å². The molecule has 3 aromatic rings. The molecule has 28 heavy (non-hydrogen) atoms. The number of rotatable bonds is 4. The van der Waals surface area contributed by atoms with Gasteiger partial charge in [0.2, 0.25) is 0 Å². The van der Waals surface area contributed by atoms with Crippen LogP contribution in [-0.2, 0) is 0 Å². The standard InChI is InChI=1S/C22H21N3O3/c26-21(20-13-19(23-24-20)15-6-2-1-3-7-15)25-11-5-10-18(14-25)16-8-4-9-17(12-16)22(27)28/h1-4,6-9,12-13,18H,5,10-11,14H2,(H,23,24)(H,27,28)/t18-/m0/s1. The first-order valence-electron chi connectivity index (χ1n) is 9.35. The Labute approximate surface area is 162 Å². The van der Waals surface area contributed by atoms with E-state index in [1.54, 1.807) is 24.3 Å². The van der Waals surface area contributed by atoms with E-state index in [2.05, 4.69) is 10.2 Å². The van der Waals surface area contributed by atoms with E-state index in [-0.39, 0.29) is 17.4 Å². The first-order chi connectivity index (χ1) is 13.6. The molecule has 1 aliphatic heterocycles. The fraction of sp³-hybridized carbons (Fsp3) is 0.227. The smallest absolute Gasteiger partial charge is 0.335 e. The molecule has 6 nitrogen and oxygen atoms in total. The summed E-state index contributed by atoms with van der Waals surface area (Å²) in [7, 11) is 0. The monoisotopic (exact) mass is 375 g/mol. The third kappa shape index (κ3) is 3.67. The highest BCUT2D eigenvalue weighted by atomic mass is 16.4. The van der Waals surface area contributed by atoms with Crippen LogP contribution in [0.25, 0.3) is 11.3 Å². The van der Waals surface area contributed by atoms with Crippen molar-refractivity contribution in [2.45, 2.75) is 18.8 Å². The summed E-state index contributed by atoms with van der Waals surface area (Å²) in [5.74, 6) is -0.876. The summed E-state index contributed by atoms with van der Waals surface area (Å²) in [6.07, 6.45) is 1.82. The zero-order valence-electron chi connectivity index (χ0n) is 15.3.